The van der Waals surface area contributed by atoms with Crippen LogP contribution in [0.3, 0.4) is 0 Å². The van der Waals surface area contributed by atoms with Crippen LogP contribution in [0.25, 0.3) is 0 Å². The number of piperidine rings is 1. The summed E-state index contributed by atoms with van der Waals surface area (Å²) in [5.41, 5.74) is 3.33. The second kappa shape index (κ2) is 9.35. The highest BCUT2D eigenvalue weighted by atomic mass is 32.2. The van der Waals surface area contributed by atoms with E-state index in [1.54, 1.807) is 0 Å². The molecule has 1 aliphatic rings. The largest absolute Gasteiger partial charge is 0.418 e. The monoisotopic (exact) mass is 486 g/mol. The van der Waals surface area contributed by atoms with E-state index in [1.807, 2.05) is 0 Å². The minimum Gasteiger partial charge on any atom is -0.298 e. The van der Waals surface area contributed by atoms with Crippen LogP contribution >= 0.6 is 0 Å². The number of nitrogens with zero attached hydrogens (tertiary/aromatic N) is 2. The Morgan fingerprint density at radius 3 is 2.39 bits per heavy atom. The Kier molecular flexibility index (Phi) is 6.93. The lowest BCUT2D eigenvalue weighted by atomic mass is 9.97. The van der Waals surface area contributed by atoms with Crippen LogP contribution in [0.2, 0.25) is 0 Å². The predicted octanol–water partition coefficient (Wildman–Crippen LogP) is 3.47. The van der Waals surface area contributed by atoms with Gasteiger partial charge in [0.25, 0.3) is 5.69 Å². The Labute approximate surface area is 187 Å². The fraction of sp³-hybridized carbons (Fsp3) is 0.350. The molecule has 0 spiro atoms. The van der Waals surface area contributed by atoms with Crippen molar-refractivity contribution in [1.29, 1.82) is 0 Å². The predicted molar refractivity (Wildman–Crippen MR) is 113 cm³/mol. The lowest BCUT2D eigenvalue weighted by Crippen LogP contribution is -2.44. The van der Waals surface area contributed by atoms with Gasteiger partial charge in [-0.15, -0.1) is 0 Å². The van der Waals surface area contributed by atoms with Crippen LogP contribution in [0.15, 0.2) is 47.4 Å². The van der Waals surface area contributed by atoms with Gasteiger partial charge in [0, 0.05) is 31.1 Å². The number of carbonyl (C=O) groups excluding carboxylic acids is 1. The molecule has 3 rings (SSSR count). The number of nitrogens with one attached hydrogen (secondary N) is 2. The Balaban J connectivity index is 1.64. The molecule has 2 N–H and O–H groups in total. The SMILES string of the molecule is Cc1ccc([N+](=O)[O-])cc1S(=O)(=O)N1CCC(C(=O)NNc2ccccc2C(F)(F)F)CC1. The quantitative estimate of drug-likeness (QED) is 0.476. The van der Waals surface area contributed by atoms with E-state index in [0.717, 1.165) is 16.4 Å². The van der Waals surface area contributed by atoms with Crippen LogP contribution in [-0.2, 0) is 21.0 Å². The third kappa shape index (κ3) is 5.42. The maximum atomic E-state index is 13.1. The molecular weight excluding hydrogens is 465 g/mol. The number of benzene rings is 2. The van der Waals surface area contributed by atoms with Crippen molar-refractivity contribution in [3.05, 3.63) is 63.7 Å². The first-order chi connectivity index (χ1) is 15.4. The van der Waals surface area contributed by atoms with E-state index in [2.05, 4.69) is 10.9 Å². The number of nitro benzene ring substituents is 1. The standard InChI is InChI=1S/C20H21F3N4O5S/c1-13-6-7-15(27(29)30)12-18(13)33(31,32)26-10-8-14(9-11-26)19(28)25-24-17-5-3-2-4-16(17)20(21,22)23/h2-7,12,14,24H,8-11H2,1H3,(H,25,28). The third-order valence-corrected chi connectivity index (χ3v) is 7.42. The Hall–Kier alpha value is -3.19. The minimum absolute atomic E-state index is 0.0122. The highest BCUT2D eigenvalue weighted by Gasteiger charge is 2.35. The number of rotatable bonds is 6. The number of nitro groups is 1. The molecule has 0 radical (unpaired) electrons. The molecule has 1 amide bonds. The Morgan fingerprint density at radius 2 is 1.79 bits per heavy atom. The minimum atomic E-state index is -4.60. The molecule has 0 bridgehead atoms. The summed E-state index contributed by atoms with van der Waals surface area (Å²) in [5, 5.41) is 11.0. The molecular formula is C20H21F3N4O5S. The van der Waals surface area contributed by atoms with Crippen molar-refractivity contribution in [3.63, 3.8) is 0 Å². The molecule has 1 heterocycles. The zero-order valence-electron chi connectivity index (χ0n) is 17.4. The molecule has 178 valence electrons. The molecule has 13 heteroatoms. The summed E-state index contributed by atoms with van der Waals surface area (Å²) in [6, 6.07) is 8.27. The topological polar surface area (TPSA) is 122 Å². The maximum Gasteiger partial charge on any atom is 0.418 e. The van der Waals surface area contributed by atoms with E-state index < -0.39 is 38.5 Å². The normalized spacial score (nSPS) is 15.8. The van der Waals surface area contributed by atoms with E-state index in [0.29, 0.717) is 5.56 Å². The highest BCUT2D eigenvalue weighted by Crippen LogP contribution is 2.34. The fourth-order valence-electron chi connectivity index (χ4n) is 3.55. The van der Waals surface area contributed by atoms with Crippen LogP contribution in [0.1, 0.15) is 24.0 Å². The fourth-order valence-corrected chi connectivity index (χ4v) is 5.26. The molecule has 0 aliphatic carbocycles. The summed E-state index contributed by atoms with van der Waals surface area (Å²) < 4.78 is 66.3. The van der Waals surface area contributed by atoms with Crippen LogP contribution in [0, 0.1) is 23.0 Å². The van der Waals surface area contributed by atoms with Gasteiger partial charge in [-0.25, -0.2) is 8.42 Å². The molecule has 33 heavy (non-hydrogen) atoms. The van der Waals surface area contributed by atoms with E-state index >= 15 is 0 Å². The van der Waals surface area contributed by atoms with Crippen LogP contribution in [0.4, 0.5) is 24.5 Å². The van der Waals surface area contributed by atoms with Gasteiger partial charge < -0.3 is 0 Å². The van der Waals surface area contributed by atoms with Gasteiger partial charge >= 0.3 is 6.18 Å². The molecule has 0 saturated carbocycles. The number of hydrazine groups is 1. The zero-order valence-corrected chi connectivity index (χ0v) is 18.2. The molecule has 1 saturated heterocycles. The van der Waals surface area contributed by atoms with Crippen LogP contribution in [0.5, 0.6) is 0 Å². The smallest absolute Gasteiger partial charge is 0.298 e. The first-order valence-corrected chi connectivity index (χ1v) is 11.3. The van der Waals surface area contributed by atoms with E-state index in [4.69, 9.17) is 0 Å². The van der Waals surface area contributed by atoms with Gasteiger partial charge in [0.05, 0.1) is 21.1 Å². The molecule has 0 unspecified atom stereocenters. The third-order valence-electron chi connectivity index (χ3n) is 5.38. The first-order valence-electron chi connectivity index (χ1n) is 9.88. The number of halogens is 3. The van der Waals surface area contributed by atoms with Crippen molar-refractivity contribution in [2.75, 3.05) is 18.5 Å². The van der Waals surface area contributed by atoms with E-state index in [-0.39, 0.29) is 42.2 Å². The molecule has 1 fully saturated rings. The number of non-ortho nitro benzene ring substituents is 1. The van der Waals surface area contributed by atoms with Gasteiger partial charge in [-0.05, 0) is 37.5 Å². The Bertz CT molecular complexity index is 1160. The number of hydrogen-bond acceptors (Lipinski definition) is 6. The number of hydrogen-bond donors (Lipinski definition) is 2. The van der Waals surface area contributed by atoms with Crippen LogP contribution in [-0.4, -0.2) is 36.6 Å². The summed E-state index contributed by atoms with van der Waals surface area (Å²) in [5.74, 6) is -1.18. The molecule has 0 aromatic heterocycles. The number of aryl methyl sites for hydroxylation is 1. The number of amides is 1. The van der Waals surface area contributed by atoms with Gasteiger partial charge in [0.2, 0.25) is 15.9 Å². The van der Waals surface area contributed by atoms with Gasteiger partial charge in [0.15, 0.2) is 0 Å². The molecule has 0 atom stereocenters. The van der Waals surface area contributed by atoms with Crippen molar-refractivity contribution < 1.29 is 31.3 Å². The van der Waals surface area contributed by atoms with Gasteiger partial charge in [-0.1, -0.05) is 18.2 Å². The summed E-state index contributed by atoms with van der Waals surface area (Å²) >= 11 is 0. The number of para-hydroxylation sites is 1. The summed E-state index contributed by atoms with van der Waals surface area (Å²) in [6.45, 7) is 1.50. The first kappa shape index (κ1) is 24.5. The van der Waals surface area contributed by atoms with Crippen molar-refractivity contribution in [1.82, 2.24) is 9.73 Å². The lowest BCUT2D eigenvalue weighted by molar-refractivity contribution is -0.385. The number of anilines is 1. The van der Waals surface area contributed by atoms with Crippen molar-refractivity contribution >= 4 is 27.3 Å². The van der Waals surface area contributed by atoms with Crippen LogP contribution < -0.4 is 10.9 Å². The summed E-state index contributed by atoms with van der Waals surface area (Å²) in [6.07, 6.45) is -4.32. The lowest BCUT2D eigenvalue weighted by Gasteiger charge is -2.31. The molecule has 2 aromatic carbocycles. The van der Waals surface area contributed by atoms with Gasteiger partial charge in [-0.2, -0.15) is 17.5 Å². The molecule has 1 aliphatic heterocycles. The second-order valence-corrected chi connectivity index (χ2v) is 9.45. The average molecular weight is 486 g/mol. The number of alkyl halides is 3. The van der Waals surface area contributed by atoms with E-state index in [1.165, 1.54) is 37.3 Å². The highest BCUT2D eigenvalue weighted by molar-refractivity contribution is 7.89. The summed E-state index contributed by atoms with van der Waals surface area (Å²) in [4.78, 5) is 22.6. The van der Waals surface area contributed by atoms with E-state index in [9.17, 15) is 36.5 Å². The molecule has 2 aromatic rings. The molecule has 9 nitrogen and oxygen atoms in total. The van der Waals surface area contributed by atoms with Crippen molar-refractivity contribution in [2.24, 2.45) is 5.92 Å². The number of carbonyl (C=O) groups is 1. The van der Waals surface area contributed by atoms with Crippen molar-refractivity contribution in [2.45, 2.75) is 30.8 Å². The zero-order chi connectivity index (χ0) is 24.4. The van der Waals surface area contributed by atoms with Gasteiger partial charge in [0.1, 0.15) is 0 Å². The van der Waals surface area contributed by atoms with Gasteiger partial charge in [-0.3, -0.25) is 25.8 Å². The Morgan fingerprint density at radius 1 is 1.15 bits per heavy atom. The second-order valence-electron chi connectivity index (χ2n) is 7.54. The van der Waals surface area contributed by atoms with Crippen molar-refractivity contribution in [3.8, 4) is 0 Å². The summed E-state index contributed by atoms with van der Waals surface area (Å²) in [7, 11) is -4.02. The maximum absolute atomic E-state index is 13.1. The number of sulfonamides is 1. The average Bonchev–Trinajstić information content (AvgIpc) is 2.77.